The lowest BCUT2D eigenvalue weighted by molar-refractivity contribution is -0.121. The van der Waals surface area contributed by atoms with E-state index in [1.807, 2.05) is 37.3 Å². The van der Waals surface area contributed by atoms with Gasteiger partial charge in [0.2, 0.25) is 5.91 Å². The highest BCUT2D eigenvalue weighted by molar-refractivity contribution is 5.84. The zero-order valence-electron chi connectivity index (χ0n) is 12.7. The van der Waals surface area contributed by atoms with Gasteiger partial charge in [0.15, 0.2) is 0 Å². The van der Waals surface area contributed by atoms with Gasteiger partial charge in [0.05, 0.1) is 6.26 Å². The average molecular weight is 296 g/mol. The van der Waals surface area contributed by atoms with Crippen LogP contribution in [0.25, 0.3) is 10.9 Å². The largest absolute Gasteiger partial charge is 0.469 e. The van der Waals surface area contributed by atoms with Gasteiger partial charge in [-0.25, -0.2) is 0 Å². The van der Waals surface area contributed by atoms with Crippen molar-refractivity contribution >= 4 is 16.8 Å². The summed E-state index contributed by atoms with van der Waals surface area (Å²) in [6, 6.07) is 14.1. The van der Waals surface area contributed by atoms with Crippen molar-refractivity contribution < 1.29 is 9.21 Å². The minimum atomic E-state index is 0.0453. The van der Waals surface area contributed by atoms with Gasteiger partial charge >= 0.3 is 0 Å². The van der Waals surface area contributed by atoms with Crippen molar-refractivity contribution in [3.05, 3.63) is 60.2 Å². The van der Waals surface area contributed by atoms with Gasteiger partial charge in [-0.15, -0.1) is 0 Å². The molecule has 0 bridgehead atoms. The molecule has 0 fully saturated rings. The molecule has 0 saturated heterocycles. The molecule has 4 heteroatoms. The molecule has 4 nitrogen and oxygen atoms in total. The molecule has 0 saturated carbocycles. The van der Waals surface area contributed by atoms with Crippen LogP contribution in [0.5, 0.6) is 0 Å². The molecular formula is C18H20N2O2. The van der Waals surface area contributed by atoms with E-state index in [0.717, 1.165) is 29.8 Å². The fourth-order valence-corrected chi connectivity index (χ4v) is 2.70. The molecule has 0 aliphatic carbocycles. The molecule has 114 valence electrons. The minimum absolute atomic E-state index is 0.0453. The maximum absolute atomic E-state index is 12.1. The smallest absolute Gasteiger partial charge is 0.239 e. The van der Waals surface area contributed by atoms with Crippen LogP contribution in [-0.4, -0.2) is 17.0 Å². The summed E-state index contributed by atoms with van der Waals surface area (Å²) in [5.74, 6) is 1.00. The topological polar surface area (TPSA) is 47.2 Å². The van der Waals surface area contributed by atoms with Crippen LogP contribution < -0.4 is 5.32 Å². The molecule has 0 unspecified atom stereocenters. The number of amides is 1. The first kappa shape index (κ1) is 14.4. The molecule has 3 aromatic rings. The van der Waals surface area contributed by atoms with Crippen LogP contribution in [0.1, 0.15) is 17.9 Å². The van der Waals surface area contributed by atoms with Gasteiger partial charge in [0.1, 0.15) is 12.3 Å². The van der Waals surface area contributed by atoms with Gasteiger partial charge in [0, 0.05) is 24.2 Å². The number of carbonyl (C=O) groups excluding carboxylic acids is 1. The molecule has 0 radical (unpaired) electrons. The SMILES string of the molecule is Cc1cc2ccccc2n1CC(=O)NCCCc1ccco1. The van der Waals surface area contributed by atoms with Gasteiger partial charge in [0.25, 0.3) is 0 Å². The Kier molecular flexibility index (Phi) is 4.28. The lowest BCUT2D eigenvalue weighted by Gasteiger charge is -2.09. The Morgan fingerprint density at radius 3 is 2.91 bits per heavy atom. The molecule has 1 amide bonds. The highest BCUT2D eigenvalue weighted by atomic mass is 16.3. The van der Waals surface area contributed by atoms with Crippen molar-refractivity contribution in [1.29, 1.82) is 0 Å². The number of nitrogens with one attached hydrogen (secondary N) is 1. The molecule has 22 heavy (non-hydrogen) atoms. The Morgan fingerprint density at radius 2 is 2.09 bits per heavy atom. The van der Waals surface area contributed by atoms with E-state index in [0.29, 0.717) is 13.1 Å². The predicted octanol–water partition coefficient (Wildman–Crippen LogP) is 3.29. The number of aryl methyl sites for hydroxylation is 2. The Balaban J connectivity index is 1.53. The second-order valence-electron chi connectivity index (χ2n) is 5.46. The zero-order chi connectivity index (χ0) is 15.4. The van der Waals surface area contributed by atoms with E-state index in [1.165, 1.54) is 5.39 Å². The van der Waals surface area contributed by atoms with E-state index in [2.05, 4.69) is 22.0 Å². The molecule has 0 aliphatic heterocycles. The third kappa shape index (κ3) is 3.22. The Bertz CT molecular complexity index is 757. The van der Waals surface area contributed by atoms with Gasteiger partial charge < -0.3 is 14.3 Å². The first-order valence-electron chi connectivity index (χ1n) is 7.58. The molecular weight excluding hydrogens is 276 g/mol. The fraction of sp³-hybridized carbons (Fsp3) is 0.278. The van der Waals surface area contributed by atoms with E-state index in [-0.39, 0.29) is 5.91 Å². The molecule has 0 aliphatic rings. The van der Waals surface area contributed by atoms with Gasteiger partial charge in [-0.2, -0.15) is 0 Å². The average Bonchev–Trinajstić information content (AvgIpc) is 3.13. The van der Waals surface area contributed by atoms with Crippen molar-refractivity contribution in [2.45, 2.75) is 26.3 Å². The fourth-order valence-electron chi connectivity index (χ4n) is 2.70. The summed E-state index contributed by atoms with van der Waals surface area (Å²) < 4.78 is 7.33. The van der Waals surface area contributed by atoms with Crippen molar-refractivity contribution in [2.75, 3.05) is 6.54 Å². The number of para-hydroxylation sites is 1. The van der Waals surface area contributed by atoms with E-state index < -0.39 is 0 Å². The van der Waals surface area contributed by atoms with Crippen molar-refractivity contribution in [3.63, 3.8) is 0 Å². The van der Waals surface area contributed by atoms with Crippen molar-refractivity contribution in [2.24, 2.45) is 0 Å². The van der Waals surface area contributed by atoms with Crippen LogP contribution >= 0.6 is 0 Å². The third-order valence-electron chi connectivity index (χ3n) is 3.82. The summed E-state index contributed by atoms with van der Waals surface area (Å²) in [5.41, 5.74) is 2.21. The maximum Gasteiger partial charge on any atom is 0.239 e. The lowest BCUT2D eigenvalue weighted by atomic mass is 10.2. The number of hydrogen-bond acceptors (Lipinski definition) is 2. The summed E-state index contributed by atoms with van der Waals surface area (Å²) >= 11 is 0. The van der Waals surface area contributed by atoms with Crippen LogP contribution in [0.2, 0.25) is 0 Å². The number of fused-ring (bicyclic) bond motifs is 1. The van der Waals surface area contributed by atoms with Crippen molar-refractivity contribution in [1.82, 2.24) is 9.88 Å². The standard InChI is InChI=1S/C18H20N2O2/c1-14-12-15-6-2-3-9-17(15)20(14)13-18(21)19-10-4-7-16-8-5-11-22-16/h2-3,5-6,8-9,11-12H,4,7,10,13H2,1H3,(H,19,21). The predicted molar refractivity (Wildman–Crippen MR) is 86.7 cm³/mol. The van der Waals surface area contributed by atoms with E-state index >= 15 is 0 Å². The number of nitrogens with zero attached hydrogens (tertiary/aromatic N) is 1. The molecule has 2 heterocycles. The zero-order valence-corrected chi connectivity index (χ0v) is 12.7. The molecule has 3 rings (SSSR count). The monoisotopic (exact) mass is 296 g/mol. The lowest BCUT2D eigenvalue weighted by Crippen LogP contribution is -2.28. The Morgan fingerprint density at radius 1 is 1.23 bits per heavy atom. The van der Waals surface area contributed by atoms with Crippen LogP contribution in [0.4, 0.5) is 0 Å². The van der Waals surface area contributed by atoms with E-state index in [1.54, 1.807) is 6.26 Å². The van der Waals surface area contributed by atoms with E-state index in [9.17, 15) is 4.79 Å². The minimum Gasteiger partial charge on any atom is -0.469 e. The quantitative estimate of drug-likeness (QED) is 0.710. The normalized spacial score (nSPS) is 11.0. The summed E-state index contributed by atoms with van der Waals surface area (Å²) in [7, 11) is 0. The highest BCUT2D eigenvalue weighted by Crippen LogP contribution is 2.18. The molecule has 0 spiro atoms. The first-order chi connectivity index (χ1) is 10.7. The number of hydrogen-bond donors (Lipinski definition) is 1. The van der Waals surface area contributed by atoms with Crippen LogP contribution in [0.3, 0.4) is 0 Å². The number of aromatic nitrogens is 1. The molecule has 2 aromatic heterocycles. The first-order valence-corrected chi connectivity index (χ1v) is 7.58. The van der Waals surface area contributed by atoms with Gasteiger partial charge in [-0.1, -0.05) is 18.2 Å². The second-order valence-corrected chi connectivity index (χ2v) is 5.46. The van der Waals surface area contributed by atoms with Crippen LogP contribution in [-0.2, 0) is 17.8 Å². The Hall–Kier alpha value is -2.49. The van der Waals surface area contributed by atoms with Gasteiger partial charge in [-0.05, 0) is 43.0 Å². The number of carbonyl (C=O) groups is 1. The number of rotatable bonds is 6. The maximum atomic E-state index is 12.1. The highest BCUT2D eigenvalue weighted by Gasteiger charge is 2.09. The van der Waals surface area contributed by atoms with Crippen LogP contribution in [0, 0.1) is 6.92 Å². The number of benzene rings is 1. The number of furan rings is 1. The summed E-state index contributed by atoms with van der Waals surface area (Å²) in [6.45, 7) is 3.06. The second kappa shape index (κ2) is 6.52. The van der Waals surface area contributed by atoms with E-state index in [4.69, 9.17) is 4.42 Å². The molecule has 1 N–H and O–H groups in total. The molecule has 1 aromatic carbocycles. The van der Waals surface area contributed by atoms with Gasteiger partial charge in [-0.3, -0.25) is 4.79 Å². The third-order valence-corrected chi connectivity index (χ3v) is 3.82. The summed E-state index contributed by atoms with van der Waals surface area (Å²) in [6.07, 6.45) is 3.40. The summed E-state index contributed by atoms with van der Waals surface area (Å²) in [5, 5.41) is 4.15. The van der Waals surface area contributed by atoms with Crippen molar-refractivity contribution in [3.8, 4) is 0 Å². The summed E-state index contributed by atoms with van der Waals surface area (Å²) in [4.78, 5) is 12.1. The Labute approximate surface area is 129 Å². The van der Waals surface area contributed by atoms with Crippen LogP contribution in [0.15, 0.2) is 53.1 Å². The molecule has 0 atom stereocenters.